The van der Waals surface area contributed by atoms with Crippen LogP contribution in [0, 0.1) is 13.8 Å². The number of nitrogen functional groups attached to an aromatic ring is 1. The van der Waals surface area contributed by atoms with E-state index in [1.54, 1.807) is 4.68 Å². The highest BCUT2D eigenvalue weighted by Crippen LogP contribution is 2.34. The van der Waals surface area contributed by atoms with Gasteiger partial charge in [0.1, 0.15) is 6.54 Å². The van der Waals surface area contributed by atoms with E-state index >= 15 is 0 Å². The number of hydrogen-bond acceptors (Lipinski definition) is 4. The lowest BCUT2D eigenvalue weighted by Gasteiger charge is -2.14. The molecule has 0 spiro atoms. The van der Waals surface area contributed by atoms with Crippen molar-refractivity contribution in [3.63, 3.8) is 0 Å². The molecule has 1 aliphatic carbocycles. The summed E-state index contributed by atoms with van der Waals surface area (Å²) in [5.41, 5.74) is 7.57. The molecule has 2 rings (SSSR count). The summed E-state index contributed by atoms with van der Waals surface area (Å²) in [6.45, 7) is 3.79. The van der Waals surface area contributed by atoms with E-state index in [2.05, 4.69) is 10.4 Å². The number of aliphatic hydroxyl groups excluding tert-OH is 1. The maximum atomic E-state index is 11.8. The van der Waals surface area contributed by atoms with Crippen LogP contribution in [0.2, 0.25) is 0 Å². The molecule has 0 saturated heterocycles. The number of anilines is 1. The van der Waals surface area contributed by atoms with E-state index in [-0.39, 0.29) is 24.6 Å². The number of nitrogens with one attached hydrogen (secondary N) is 1. The SMILES string of the molecule is Cc1nn(CC(=O)NC2(CO)CC2)c(C)c1N. The Hall–Kier alpha value is -1.56. The van der Waals surface area contributed by atoms with E-state index in [0.717, 1.165) is 24.2 Å². The zero-order valence-corrected chi connectivity index (χ0v) is 10.2. The van der Waals surface area contributed by atoms with Gasteiger partial charge in [0.2, 0.25) is 5.91 Å². The zero-order chi connectivity index (χ0) is 12.6. The second-order valence-electron chi connectivity index (χ2n) is 4.73. The standard InChI is InChI=1S/C11H18N4O2/c1-7-10(12)8(2)15(14-7)5-9(17)13-11(6-16)3-4-11/h16H,3-6,12H2,1-2H3,(H,13,17). The third-order valence-electron chi connectivity index (χ3n) is 3.29. The molecular formula is C11H18N4O2. The van der Waals surface area contributed by atoms with Gasteiger partial charge in [-0.15, -0.1) is 0 Å². The summed E-state index contributed by atoms with van der Waals surface area (Å²) in [7, 11) is 0. The predicted octanol–water partition coefficient (Wildman–Crippen LogP) is -0.277. The van der Waals surface area contributed by atoms with Crippen LogP contribution < -0.4 is 11.1 Å². The van der Waals surface area contributed by atoms with Crippen LogP contribution in [0.3, 0.4) is 0 Å². The molecule has 1 amide bonds. The van der Waals surface area contributed by atoms with Gasteiger partial charge in [0.05, 0.1) is 29.2 Å². The number of aromatic nitrogens is 2. The molecule has 1 heterocycles. The molecule has 0 bridgehead atoms. The van der Waals surface area contributed by atoms with Crippen molar-refractivity contribution in [2.24, 2.45) is 0 Å². The number of carbonyl (C=O) groups excluding carboxylic acids is 1. The smallest absolute Gasteiger partial charge is 0.242 e. The Morgan fingerprint density at radius 2 is 2.24 bits per heavy atom. The fraction of sp³-hybridized carbons (Fsp3) is 0.636. The van der Waals surface area contributed by atoms with Crippen molar-refractivity contribution in [1.82, 2.24) is 15.1 Å². The average molecular weight is 238 g/mol. The molecule has 1 aromatic rings. The van der Waals surface area contributed by atoms with Crippen LogP contribution in [0.5, 0.6) is 0 Å². The first-order chi connectivity index (χ1) is 7.97. The van der Waals surface area contributed by atoms with Gasteiger partial charge in [-0.1, -0.05) is 0 Å². The van der Waals surface area contributed by atoms with E-state index in [1.807, 2.05) is 13.8 Å². The van der Waals surface area contributed by atoms with E-state index < -0.39 is 0 Å². The summed E-state index contributed by atoms with van der Waals surface area (Å²) in [6.07, 6.45) is 1.68. The number of rotatable bonds is 4. The van der Waals surface area contributed by atoms with E-state index in [0.29, 0.717) is 5.69 Å². The molecule has 0 atom stereocenters. The lowest BCUT2D eigenvalue weighted by Crippen LogP contribution is -2.41. The Bertz CT molecular complexity index is 449. The summed E-state index contributed by atoms with van der Waals surface area (Å²) in [6, 6.07) is 0. The van der Waals surface area contributed by atoms with Gasteiger partial charge in [-0.05, 0) is 26.7 Å². The normalized spacial score (nSPS) is 16.9. The first-order valence-corrected chi connectivity index (χ1v) is 5.69. The van der Waals surface area contributed by atoms with Crippen molar-refractivity contribution in [2.45, 2.75) is 38.8 Å². The van der Waals surface area contributed by atoms with Gasteiger partial charge >= 0.3 is 0 Å². The van der Waals surface area contributed by atoms with Crippen LogP contribution in [0.25, 0.3) is 0 Å². The van der Waals surface area contributed by atoms with Crippen molar-refractivity contribution >= 4 is 11.6 Å². The zero-order valence-electron chi connectivity index (χ0n) is 10.2. The van der Waals surface area contributed by atoms with E-state index in [1.165, 1.54) is 0 Å². The summed E-state index contributed by atoms with van der Waals surface area (Å²) in [4.78, 5) is 11.8. The van der Waals surface area contributed by atoms with Crippen LogP contribution in [0.1, 0.15) is 24.2 Å². The average Bonchev–Trinajstić information content (AvgIpc) is 3.01. The lowest BCUT2D eigenvalue weighted by molar-refractivity contribution is -0.123. The molecule has 0 unspecified atom stereocenters. The van der Waals surface area contributed by atoms with Crippen LogP contribution in [0.15, 0.2) is 0 Å². The van der Waals surface area contributed by atoms with Crippen LogP contribution >= 0.6 is 0 Å². The predicted molar refractivity (Wildman–Crippen MR) is 63.3 cm³/mol. The molecule has 1 fully saturated rings. The maximum Gasteiger partial charge on any atom is 0.242 e. The second kappa shape index (κ2) is 4.03. The minimum absolute atomic E-state index is 0.00199. The van der Waals surface area contributed by atoms with Gasteiger partial charge in [0.15, 0.2) is 0 Å². The molecular weight excluding hydrogens is 220 g/mol. The number of nitrogens with two attached hydrogens (primary N) is 1. The van der Waals surface area contributed by atoms with Crippen molar-refractivity contribution in [1.29, 1.82) is 0 Å². The quantitative estimate of drug-likeness (QED) is 0.672. The molecule has 17 heavy (non-hydrogen) atoms. The number of aryl methyl sites for hydroxylation is 1. The van der Waals surface area contributed by atoms with Crippen LogP contribution in [-0.2, 0) is 11.3 Å². The second-order valence-corrected chi connectivity index (χ2v) is 4.73. The number of aliphatic hydroxyl groups is 1. The lowest BCUT2D eigenvalue weighted by atomic mass is 10.3. The summed E-state index contributed by atoms with van der Waals surface area (Å²) in [5, 5.41) is 16.1. The number of hydrogen-bond donors (Lipinski definition) is 3. The minimum atomic E-state index is -0.376. The molecule has 4 N–H and O–H groups in total. The van der Waals surface area contributed by atoms with Crippen LogP contribution in [0.4, 0.5) is 5.69 Å². The van der Waals surface area contributed by atoms with Gasteiger partial charge in [-0.25, -0.2) is 0 Å². The highest BCUT2D eigenvalue weighted by molar-refractivity contribution is 5.77. The van der Waals surface area contributed by atoms with Gasteiger partial charge < -0.3 is 16.2 Å². The van der Waals surface area contributed by atoms with E-state index in [4.69, 9.17) is 10.8 Å². The monoisotopic (exact) mass is 238 g/mol. The Morgan fingerprint density at radius 1 is 1.59 bits per heavy atom. The van der Waals surface area contributed by atoms with Crippen molar-refractivity contribution < 1.29 is 9.90 Å². The molecule has 0 aromatic carbocycles. The van der Waals surface area contributed by atoms with Crippen molar-refractivity contribution in [3.05, 3.63) is 11.4 Å². The van der Waals surface area contributed by atoms with E-state index in [9.17, 15) is 4.79 Å². The first-order valence-electron chi connectivity index (χ1n) is 5.69. The van der Waals surface area contributed by atoms with Gasteiger partial charge in [0.25, 0.3) is 0 Å². The number of amides is 1. The topological polar surface area (TPSA) is 93.2 Å². The number of carbonyl (C=O) groups is 1. The third kappa shape index (κ3) is 2.26. The van der Waals surface area contributed by atoms with Crippen LogP contribution in [-0.4, -0.2) is 32.9 Å². The molecule has 0 aliphatic heterocycles. The highest BCUT2D eigenvalue weighted by Gasteiger charge is 2.43. The molecule has 0 radical (unpaired) electrons. The third-order valence-corrected chi connectivity index (χ3v) is 3.29. The summed E-state index contributed by atoms with van der Waals surface area (Å²) in [5.74, 6) is -0.137. The van der Waals surface area contributed by atoms with Crippen molar-refractivity contribution in [3.8, 4) is 0 Å². The molecule has 1 aromatic heterocycles. The Balaban J connectivity index is 2.01. The Morgan fingerprint density at radius 3 is 2.65 bits per heavy atom. The Kier molecular flexibility index (Phi) is 2.82. The first kappa shape index (κ1) is 11.9. The Labute approximate surface area is 99.8 Å². The van der Waals surface area contributed by atoms with Gasteiger partial charge in [-0.3, -0.25) is 9.48 Å². The molecule has 94 valence electrons. The minimum Gasteiger partial charge on any atom is -0.396 e. The molecule has 1 saturated carbocycles. The molecule has 1 aliphatic rings. The summed E-state index contributed by atoms with van der Waals surface area (Å²) >= 11 is 0. The largest absolute Gasteiger partial charge is 0.396 e. The van der Waals surface area contributed by atoms with Gasteiger partial charge in [0, 0.05) is 0 Å². The number of nitrogens with zero attached hydrogens (tertiary/aromatic N) is 2. The fourth-order valence-electron chi connectivity index (χ4n) is 1.81. The maximum absolute atomic E-state index is 11.8. The van der Waals surface area contributed by atoms with Gasteiger partial charge in [-0.2, -0.15) is 5.10 Å². The highest BCUT2D eigenvalue weighted by atomic mass is 16.3. The fourth-order valence-corrected chi connectivity index (χ4v) is 1.81. The molecule has 6 nitrogen and oxygen atoms in total. The molecule has 6 heteroatoms. The summed E-state index contributed by atoms with van der Waals surface area (Å²) < 4.78 is 1.59. The van der Waals surface area contributed by atoms with Crippen molar-refractivity contribution in [2.75, 3.05) is 12.3 Å².